The summed E-state index contributed by atoms with van der Waals surface area (Å²) in [6.07, 6.45) is 9.86. The third-order valence-corrected chi connectivity index (χ3v) is 2.46. The van der Waals surface area contributed by atoms with Crippen molar-refractivity contribution in [2.45, 2.75) is 48.0 Å². The molecular formula is C15H24. The van der Waals surface area contributed by atoms with E-state index in [0.717, 1.165) is 6.42 Å². The molecule has 0 radical (unpaired) electrons. The first-order chi connectivity index (χ1) is 6.97. The average Bonchev–Trinajstić information content (AvgIpc) is 2.21. The lowest BCUT2D eigenvalue weighted by Gasteiger charge is -1.99. The van der Waals surface area contributed by atoms with Gasteiger partial charge in [-0.1, -0.05) is 42.4 Å². The van der Waals surface area contributed by atoms with Crippen molar-refractivity contribution in [2.75, 3.05) is 0 Å². The molecule has 0 aliphatic rings. The zero-order valence-electron chi connectivity index (χ0n) is 11.0. The summed E-state index contributed by atoms with van der Waals surface area (Å²) in [4.78, 5) is 0. The molecule has 0 unspecified atom stereocenters. The van der Waals surface area contributed by atoms with Gasteiger partial charge in [-0.25, -0.2) is 0 Å². The SMILES string of the molecule is CC/C(C)=C/C=C(C)/C(C)=C/C=C(C)C. The molecule has 0 saturated carbocycles. The van der Waals surface area contributed by atoms with Crippen LogP contribution < -0.4 is 0 Å². The van der Waals surface area contributed by atoms with Gasteiger partial charge >= 0.3 is 0 Å². The standard InChI is InChI=1S/C15H24/c1-7-13(4)9-11-15(6)14(5)10-8-12(2)3/h8-11H,7H2,1-6H3/b13-9+,14-10+,15-11+. The topological polar surface area (TPSA) is 0 Å². The van der Waals surface area contributed by atoms with Crippen molar-refractivity contribution < 1.29 is 0 Å². The Morgan fingerprint density at radius 2 is 1.20 bits per heavy atom. The summed E-state index contributed by atoms with van der Waals surface area (Å²) in [5.41, 5.74) is 5.42. The van der Waals surface area contributed by atoms with Gasteiger partial charge in [-0.05, 0) is 52.2 Å². The molecule has 15 heavy (non-hydrogen) atoms. The molecule has 0 aliphatic carbocycles. The Bertz CT molecular complexity index is 305. The van der Waals surface area contributed by atoms with Gasteiger partial charge in [0.2, 0.25) is 0 Å². The van der Waals surface area contributed by atoms with E-state index in [9.17, 15) is 0 Å². The molecule has 0 aliphatic heterocycles. The molecule has 0 rings (SSSR count). The van der Waals surface area contributed by atoms with Crippen molar-refractivity contribution in [2.24, 2.45) is 0 Å². The molecule has 84 valence electrons. The molecule has 0 heterocycles. The second-order valence-corrected chi connectivity index (χ2v) is 4.31. The summed E-state index contributed by atoms with van der Waals surface area (Å²) in [7, 11) is 0. The van der Waals surface area contributed by atoms with Crippen LogP contribution in [0, 0.1) is 0 Å². The van der Waals surface area contributed by atoms with Gasteiger partial charge in [0.25, 0.3) is 0 Å². The van der Waals surface area contributed by atoms with Gasteiger partial charge in [0.15, 0.2) is 0 Å². The molecule has 0 N–H and O–H groups in total. The lowest BCUT2D eigenvalue weighted by molar-refractivity contribution is 1.10. The highest BCUT2D eigenvalue weighted by Crippen LogP contribution is 2.10. The Labute approximate surface area is 95.1 Å². The highest BCUT2D eigenvalue weighted by molar-refractivity contribution is 5.34. The zero-order chi connectivity index (χ0) is 11.8. The zero-order valence-corrected chi connectivity index (χ0v) is 11.0. The van der Waals surface area contributed by atoms with E-state index in [1.54, 1.807) is 0 Å². The van der Waals surface area contributed by atoms with Crippen LogP contribution in [-0.2, 0) is 0 Å². The normalized spacial score (nSPS) is 14.1. The average molecular weight is 204 g/mol. The summed E-state index contributed by atoms with van der Waals surface area (Å²) in [5, 5.41) is 0. The highest BCUT2D eigenvalue weighted by Gasteiger charge is 1.90. The fourth-order valence-electron chi connectivity index (χ4n) is 0.940. The Hall–Kier alpha value is -1.04. The third kappa shape index (κ3) is 6.96. The molecule has 0 spiro atoms. The quantitative estimate of drug-likeness (QED) is 0.552. The number of hydrogen-bond acceptors (Lipinski definition) is 0. The second-order valence-electron chi connectivity index (χ2n) is 4.31. The molecule has 0 aromatic heterocycles. The van der Waals surface area contributed by atoms with Gasteiger partial charge in [0, 0.05) is 0 Å². The fraction of sp³-hybridized carbons (Fsp3) is 0.467. The maximum absolute atomic E-state index is 2.20. The van der Waals surface area contributed by atoms with E-state index >= 15 is 0 Å². The van der Waals surface area contributed by atoms with Crippen LogP contribution in [0.3, 0.4) is 0 Å². The van der Waals surface area contributed by atoms with Gasteiger partial charge in [0.1, 0.15) is 0 Å². The van der Waals surface area contributed by atoms with Gasteiger partial charge in [-0.15, -0.1) is 0 Å². The Morgan fingerprint density at radius 1 is 0.733 bits per heavy atom. The van der Waals surface area contributed by atoms with Crippen LogP contribution in [-0.4, -0.2) is 0 Å². The number of rotatable bonds is 4. The molecule has 0 aromatic carbocycles. The molecule has 0 fully saturated rings. The van der Waals surface area contributed by atoms with Crippen LogP contribution in [0.5, 0.6) is 0 Å². The third-order valence-electron chi connectivity index (χ3n) is 2.46. The minimum Gasteiger partial charge on any atom is -0.0764 e. The van der Waals surface area contributed by atoms with E-state index in [2.05, 4.69) is 65.8 Å². The van der Waals surface area contributed by atoms with E-state index in [-0.39, 0.29) is 0 Å². The lowest BCUT2D eigenvalue weighted by atomic mass is 10.1. The maximum atomic E-state index is 2.20. The summed E-state index contributed by atoms with van der Waals surface area (Å²) in [5.74, 6) is 0. The fourth-order valence-corrected chi connectivity index (χ4v) is 0.940. The maximum Gasteiger partial charge on any atom is -0.0349 e. The summed E-state index contributed by atoms with van der Waals surface area (Å²) >= 11 is 0. The molecule has 0 atom stereocenters. The van der Waals surface area contributed by atoms with Crippen molar-refractivity contribution in [3.63, 3.8) is 0 Å². The van der Waals surface area contributed by atoms with Gasteiger partial charge in [0.05, 0.1) is 0 Å². The van der Waals surface area contributed by atoms with E-state index in [0.29, 0.717) is 0 Å². The van der Waals surface area contributed by atoms with E-state index in [1.807, 2.05) is 0 Å². The van der Waals surface area contributed by atoms with Gasteiger partial charge in [-0.2, -0.15) is 0 Å². The van der Waals surface area contributed by atoms with E-state index in [4.69, 9.17) is 0 Å². The lowest BCUT2D eigenvalue weighted by Crippen LogP contribution is -1.79. The van der Waals surface area contributed by atoms with Crippen LogP contribution in [0.4, 0.5) is 0 Å². The van der Waals surface area contributed by atoms with E-state index in [1.165, 1.54) is 22.3 Å². The highest BCUT2D eigenvalue weighted by atomic mass is 14.0. The monoisotopic (exact) mass is 204 g/mol. The van der Waals surface area contributed by atoms with E-state index < -0.39 is 0 Å². The van der Waals surface area contributed by atoms with Crippen LogP contribution in [0.15, 0.2) is 46.6 Å². The summed E-state index contributed by atoms with van der Waals surface area (Å²) in [6.45, 7) is 12.9. The second kappa shape index (κ2) is 7.28. The first kappa shape index (κ1) is 14.0. The van der Waals surface area contributed by atoms with Crippen molar-refractivity contribution in [3.05, 3.63) is 46.6 Å². The van der Waals surface area contributed by atoms with Crippen molar-refractivity contribution >= 4 is 0 Å². The van der Waals surface area contributed by atoms with Gasteiger partial charge in [-0.3, -0.25) is 0 Å². The van der Waals surface area contributed by atoms with Gasteiger partial charge < -0.3 is 0 Å². The summed E-state index contributed by atoms with van der Waals surface area (Å²) in [6, 6.07) is 0. The first-order valence-corrected chi connectivity index (χ1v) is 5.63. The molecule has 0 saturated heterocycles. The first-order valence-electron chi connectivity index (χ1n) is 5.63. The minimum atomic E-state index is 1.13. The molecular weight excluding hydrogens is 180 g/mol. The Morgan fingerprint density at radius 3 is 1.60 bits per heavy atom. The van der Waals surface area contributed by atoms with Crippen LogP contribution in [0.1, 0.15) is 48.0 Å². The Balaban J connectivity index is 4.64. The minimum absolute atomic E-state index is 1.13. The smallest absolute Gasteiger partial charge is 0.0349 e. The number of allylic oxidation sites excluding steroid dienone is 8. The van der Waals surface area contributed by atoms with Crippen molar-refractivity contribution in [3.8, 4) is 0 Å². The molecule has 0 nitrogen and oxygen atoms in total. The molecule has 0 amide bonds. The van der Waals surface area contributed by atoms with Crippen molar-refractivity contribution in [1.82, 2.24) is 0 Å². The largest absolute Gasteiger partial charge is 0.0764 e. The van der Waals surface area contributed by atoms with Crippen LogP contribution in [0.25, 0.3) is 0 Å². The predicted octanol–water partition coefficient (Wildman–Crippen LogP) is 5.20. The molecule has 0 heteroatoms. The molecule has 0 aromatic rings. The van der Waals surface area contributed by atoms with Crippen LogP contribution >= 0.6 is 0 Å². The van der Waals surface area contributed by atoms with Crippen molar-refractivity contribution in [1.29, 1.82) is 0 Å². The summed E-state index contributed by atoms with van der Waals surface area (Å²) < 4.78 is 0. The number of hydrogen-bond donors (Lipinski definition) is 0. The Kier molecular flexibility index (Phi) is 6.77. The predicted molar refractivity (Wildman–Crippen MR) is 71.0 cm³/mol. The van der Waals surface area contributed by atoms with Crippen LogP contribution in [0.2, 0.25) is 0 Å². The molecule has 0 bridgehead atoms.